The first-order valence-electron chi connectivity index (χ1n) is 4.04. The topological polar surface area (TPSA) is 25.8 Å². The Hall–Kier alpha value is 0.716. The molecule has 1 aromatic heterocycles. The summed E-state index contributed by atoms with van der Waals surface area (Å²) in [6.45, 7) is 9.88. The second kappa shape index (κ2) is 17.7. The van der Waals surface area contributed by atoms with E-state index in [2.05, 4.69) is 16.2 Å². The fourth-order valence-corrected chi connectivity index (χ4v) is 0.338. The molecule has 0 N–H and O–H groups in total. The average molecular weight is 192 g/mol. The van der Waals surface area contributed by atoms with E-state index in [1.54, 1.807) is 6.20 Å². The van der Waals surface area contributed by atoms with Crippen LogP contribution in [-0.2, 0) is 0 Å². The predicted octanol–water partition coefficient (Wildman–Crippen LogP) is -0.358. The van der Waals surface area contributed by atoms with Crippen molar-refractivity contribution in [3.63, 3.8) is 0 Å². The molecule has 0 aliphatic rings. The van der Waals surface area contributed by atoms with E-state index >= 15 is 0 Å². The number of aromatic nitrogens is 2. The van der Waals surface area contributed by atoms with Crippen molar-refractivity contribution in [2.24, 2.45) is 0 Å². The van der Waals surface area contributed by atoms with Crippen molar-refractivity contribution >= 4 is 0 Å². The van der Waals surface area contributed by atoms with E-state index < -0.39 is 0 Å². The SMILES string of the molecule is CC.CC.Cc1cnc[c-]n1.[K+]. The molecule has 1 rings (SSSR count). The molecule has 0 fully saturated rings. The third-order valence-corrected chi connectivity index (χ3v) is 0.635. The Balaban J connectivity index is -0.000000144. The monoisotopic (exact) mass is 192 g/mol. The van der Waals surface area contributed by atoms with Gasteiger partial charge in [-0.15, -0.1) is 6.20 Å². The van der Waals surface area contributed by atoms with Crippen LogP contribution in [0.15, 0.2) is 12.4 Å². The van der Waals surface area contributed by atoms with Gasteiger partial charge in [0.1, 0.15) is 0 Å². The van der Waals surface area contributed by atoms with Crippen LogP contribution in [0.5, 0.6) is 0 Å². The van der Waals surface area contributed by atoms with Gasteiger partial charge in [0.15, 0.2) is 0 Å². The van der Waals surface area contributed by atoms with Crippen LogP contribution in [0.4, 0.5) is 0 Å². The van der Waals surface area contributed by atoms with Crippen LogP contribution in [0, 0.1) is 13.1 Å². The van der Waals surface area contributed by atoms with Crippen LogP contribution in [0.2, 0.25) is 0 Å². The zero-order chi connectivity index (χ0) is 9.11. The number of nitrogens with zero attached hydrogens (tertiary/aromatic N) is 2. The second-order valence-electron chi connectivity index (χ2n) is 1.29. The summed E-state index contributed by atoms with van der Waals surface area (Å²) in [5, 5.41) is 0. The van der Waals surface area contributed by atoms with Crippen molar-refractivity contribution in [1.29, 1.82) is 0 Å². The van der Waals surface area contributed by atoms with Crippen molar-refractivity contribution < 1.29 is 51.4 Å². The van der Waals surface area contributed by atoms with Gasteiger partial charge in [-0.3, -0.25) is 0 Å². The summed E-state index contributed by atoms with van der Waals surface area (Å²) in [6.07, 6.45) is 5.83. The Morgan fingerprint density at radius 2 is 1.67 bits per heavy atom. The van der Waals surface area contributed by atoms with E-state index in [1.807, 2.05) is 34.6 Å². The molecule has 0 aliphatic carbocycles. The molecule has 1 heterocycles. The molecule has 0 aromatic carbocycles. The van der Waals surface area contributed by atoms with Gasteiger partial charge in [0.2, 0.25) is 0 Å². The largest absolute Gasteiger partial charge is 1.00 e. The first-order valence-corrected chi connectivity index (χ1v) is 4.04. The van der Waals surface area contributed by atoms with Crippen molar-refractivity contribution in [3.05, 3.63) is 24.3 Å². The molecule has 0 radical (unpaired) electrons. The minimum atomic E-state index is 0. The van der Waals surface area contributed by atoms with Gasteiger partial charge in [-0.2, -0.15) is 0 Å². The molecule has 0 atom stereocenters. The maximum atomic E-state index is 3.79. The fourth-order valence-electron chi connectivity index (χ4n) is 0.338. The Morgan fingerprint density at radius 3 is 1.83 bits per heavy atom. The van der Waals surface area contributed by atoms with Gasteiger partial charge in [-0.05, 0) is 12.4 Å². The molecule has 0 saturated carbocycles. The maximum Gasteiger partial charge on any atom is 1.00 e. The molecular weight excluding hydrogens is 175 g/mol. The molecule has 0 bridgehead atoms. The average Bonchev–Trinajstić information content (AvgIpc) is 2.13. The molecule has 1 aromatic rings. The maximum absolute atomic E-state index is 3.79. The smallest absolute Gasteiger partial charge is 0.453 e. The van der Waals surface area contributed by atoms with Gasteiger partial charge in [-0.25, -0.2) is 0 Å². The number of aryl methyl sites for hydroxylation is 1. The Morgan fingerprint density at radius 1 is 1.17 bits per heavy atom. The van der Waals surface area contributed by atoms with E-state index in [9.17, 15) is 0 Å². The molecule has 2 nitrogen and oxygen atoms in total. The van der Waals surface area contributed by atoms with Gasteiger partial charge in [0, 0.05) is 0 Å². The predicted molar refractivity (Wildman–Crippen MR) is 48.3 cm³/mol. The van der Waals surface area contributed by atoms with Crippen molar-refractivity contribution in [2.45, 2.75) is 34.6 Å². The third-order valence-electron chi connectivity index (χ3n) is 0.635. The second-order valence-corrected chi connectivity index (χ2v) is 1.29. The fraction of sp³-hybridized carbons (Fsp3) is 0.556. The summed E-state index contributed by atoms with van der Waals surface area (Å²) in [5.74, 6) is 0. The molecule has 12 heavy (non-hydrogen) atoms. The molecule has 0 saturated heterocycles. The summed E-state index contributed by atoms with van der Waals surface area (Å²) in [4.78, 5) is 7.56. The summed E-state index contributed by atoms with van der Waals surface area (Å²) in [7, 11) is 0. The zero-order valence-corrected chi connectivity index (χ0v) is 12.2. The third kappa shape index (κ3) is 13.3. The summed E-state index contributed by atoms with van der Waals surface area (Å²) in [6, 6.07) is 0. The Labute approximate surface area is 119 Å². The van der Waals surface area contributed by atoms with Crippen LogP contribution >= 0.6 is 0 Å². The van der Waals surface area contributed by atoms with Crippen LogP contribution < -0.4 is 51.4 Å². The molecule has 0 amide bonds. The molecule has 0 spiro atoms. The van der Waals surface area contributed by atoms with Crippen LogP contribution in [0.1, 0.15) is 33.4 Å². The van der Waals surface area contributed by atoms with Gasteiger partial charge >= 0.3 is 51.4 Å². The van der Waals surface area contributed by atoms with Crippen molar-refractivity contribution in [1.82, 2.24) is 9.97 Å². The summed E-state index contributed by atoms with van der Waals surface area (Å²) < 4.78 is 0. The Bertz CT molecular complexity index is 142. The zero-order valence-electron chi connectivity index (χ0n) is 9.05. The van der Waals surface area contributed by atoms with E-state index in [-0.39, 0.29) is 51.4 Å². The molecule has 64 valence electrons. The van der Waals surface area contributed by atoms with E-state index in [0.29, 0.717) is 0 Å². The quantitative estimate of drug-likeness (QED) is 0.414. The van der Waals surface area contributed by atoms with Crippen molar-refractivity contribution in [3.8, 4) is 0 Å². The minimum Gasteiger partial charge on any atom is -0.453 e. The van der Waals surface area contributed by atoms with Crippen LogP contribution in [0.3, 0.4) is 0 Å². The van der Waals surface area contributed by atoms with Crippen molar-refractivity contribution in [2.75, 3.05) is 0 Å². The van der Waals surface area contributed by atoms with Gasteiger partial charge in [0.25, 0.3) is 0 Å². The van der Waals surface area contributed by atoms with Gasteiger partial charge in [0.05, 0.1) is 0 Å². The molecule has 0 aliphatic heterocycles. The van der Waals surface area contributed by atoms with Gasteiger partial charge in [-0.1, -0.05) is 40.3 Å². The first kappa shape index (κ1) is 18.5. The van der Waals surface area contributed by atoms with E-state index in [1.165, 1.54) is 6.20 Å². The molecular formula is C9H17KN2. The number of rotatable bonds is 0. The molecule has 3 heteroatoms. The number of hydrogen-bond donors (Lipinski definition) is 0. The van der Waals surface area contributed by atoms with E-state index in [0.717, 1.165) is 5.69 Å². The normalized spacial score (nSPS) is 6.08. The summed E-state index contributed by atoms with van der Waals surface area (Å²) in [5.41, 5.74) is 0.905. The standard InChI is InChI=1S/C5H5N2.2C2H6.K/c1-5-4-6-2-3-7-5;2*1-2;/h2,4H,1H3;2*1-2H3;/q-1;;;+1. The van der Waals surface area contributed by atoms with E-state index in [4.69, 9.17) is 0 Å². The van der Waals surface area contributed by atoms with Gasteiger partial charge < -0.3 is 9.97 Å². The number of hydrogen-bond acceptors (Lipinski definition) is 2. The van der Waals surface area contributed by atoms with Crippen LogP contribution in [-0.4, -0.2) is 9.97 Å². The summed E-state index contributed by atoms with van der Waals surface area (Å²) >= 11 is 0. The molecule has 0 unspecified atom stereocenters. The van der Waals surface area contributed by atoms with Crippen LogP contribution in [0.25, 0.3) is 0 Å². The Kier molecular flexibility index (Phi) is 27.3. The first-order chi connectivity index (χ1) is 5.39. The minimum absolute atomic E-state index is 0.